The molecule has 166 valence electrons. The average Bonchev–Trinajstić information content (AvgIpc) is 3.38. The molecular formula is C25H33N3O2S. The maximum Gasteiger partial charge on any atom is 0.414 e. The van der Waals surface area contributed by atoms with Crippen LogP contribution in [0.2, 0.25) is 0 Å². The van der Waals surface area contributed by atoms with E-state index in [1.54, 1.807) is 4.90 Å². The molecule has 1 aliphatic carbocycles. The normalized spacial score (nSPS) is 28.9. The second-order valence-electron chi connectivity index (χ2n) is 10.8. The number of hydrogen-bond acceptors (Lipinski definition) is 5. The van der Waals surface area contributed by atoms with E-state index in [4.69, 9.17) is 9.72 Å². The molecule has 1 aromatic carbocycles. The lowest BCUT2D eigenvalue weighted by molar-refractivity contribution is 0.0327. The van der Waals surface area contributed by atoms with Gasteiger partial charge in [0, 0.05) is 30.1 Å². The number of fused-ring (bicyclic) bond motifs is 3. The number of piperidine rings is 1. The van der Waals surface area contributed by atoms with Crippen molar-refractivity contribution in [1.29, 1.82) is 0 Å². The molecule has 2 aromatic rings. The molecule has 3 aliphatic rings. The van der Waals surface area contributed by atoms with E-state index in [1.165, 1.54) is 29.0 Å². The van der Waals surface area contributed by atoms with Crippen molar-refractivity contribution in [3.05, 3.63) is 34.8 Å². The average molecular weight is 440 g/mol. The van der Waals surface area contributed by atoms with Gasteiger partial charge >= 0.3 is 6.09 Å². The fraction of sp³-hybridized carbons (Fsp3) is 0.600. The Bertz CT molecular complexity index is 1050. The number of likely N-dealkylation sites (tertiary alicyclic amines) is 1. The molecule has 3 heterocycles. The van der Waals surface area contributed by atoms with Crippen LogP contribution in [0, 0.1) is 5.92 Å². The Morgan fingerprint density at radius 1 is 1.32 bits per heavy atom. The molecule has 2 fully saturated rings. The molecule has 1 aromatic heterocycles. The van der Waals surface area contributed by atoms with E-state index in [9.17, 15) is 4.79 Å². The largest absolute Gasteiger partial charge is 0.443 e. The summed E-state index contributed by atoms with van der Waals surface area (Å²) in [5.41, 5.74) is 2.78. The first-order valence-corrected chi connectivity index (χ1v) is 12.3. The van der Waals surface area contributed by atoms with Crippen LogP contribution in [0.3, 0.4) is 0 Å². The second-order valence-corrected chi connectivity index (χ2v) is 11.8. The summed E-state index contributed by atoms with van der Waals surface area (Å²) < 4.78 is 6.94. The molecule has 1 saturated carbocycles. The lowest BCUT2D eigenvalue weighted by Gasteiger charge is -2.33. The van der Waals surface area contributed by atoms with Gasteiger partial charge in [-0.3, -0.25) is 4.90 Å². The molecule has 31 heavy (non-hydrogen) atoms. The SMILES string of the molecule is C[C@H]1CC=C(c2ccc3sc([C@@]45CC[C@@H](C4)N(C)C5)nc3c2)N(C(=O)OC(C)(C)C)C1. The standard InChI is InChI=1S/C25H33N3O2S/c1-16-6-8-20(28(14-16)23(29)30-24(2,3)4)17-7-9-21-19(12-17)26-22(31-21)25-11-10-18(13-25)27(5)15-25/h7-9,12,16,18H,6,10-11,13-15H2,1-5H3/t16-,18-,25-/m0/s1. The van der Waals surface area contributed by atoms with Crippen molar-refractivity contribution in [2.45, 2.75) is 70.4 Å². The molecule has 1 saturated heterocycles. The van der Waals surface area contributed by atoms with Crippen LogP contribution in [0.15, 0.2) is 24.3 Å². The predicted octanol–water partition coefficient (Wildman–Crippen LogP) is 5.65. The Balaban J connectivity index is 1.47. The number of carbonyl (C=O) groups excluding carboxylic acids is 1. The first kappa shape index (κ1) is 21.0. The van der Waals surface area contributed by atoms with Gasteiger partial charge in [-0.2, -0.15) is 0 Å². The zero-order valence-electron chi connectivity index (χ0n) is 19.3. The summed E-state index contributed by atoms with van der Waals surface area (Å²) in [5.74, 6) is 0.416. The molecule has 6 heteroatoms. The number of carbonyl (C=O) groups is 1. The fourth-order valence-electron chi connectivity index (χ4n) is 5.47. The molecule has 2 aliphatic heterocycles. The van der Waals surface area contributed by atoms with Crippen LogP contribution in [0.5, 0.6) is 0 Å². The van der Waals surface area contributed by atoms with Crippen LogP contribution in [-0.4, -0.2) is 52.7 Å². The first-order chi connectivity index (χ1) is 14.6. The molecule has 5 rings (SSSR count). The van der Waals surface area contributed by atoms with E-state index in [0.29, 0.717) is 12.5 Å². The highest BCUT2D eigenvalue weighted by molar-refractivity contribution is 7.18. The van der Waals surface area contributed by atoms with Gasteiger partial charge in [0.2, 0.25) is 0 Å². The summed E-state index contributed by atoms with van der Waals surface area (Å²) in [5, 5.41) is 1.29. The van der Waals surface area contributed by atoms with E-state index in [-0.39, 0.29) is 11.5 Å². The molecule has 5 nitrogen and oxygen atoms in total. The Morgan fingerprint density at radius 2 is 2.13 bits per heavy atom. The number of nitrogens with zero attached hydrogens (tertiary/aromatic N) is 3. The van der Waals surface area contributed by atoms with Gasteiger partial charge in [-0.05, 0) is 71.6 Å². The number of rotatable bonds is 2. The highest BCUT2D eigenvalue weighted by atomic mass is 32.1. The van der Waals surface area contributed by atoms with Gasteiger partial charge < -0.3 is 9.64 Å². The number of thiazole rings is 1. The van der Waals surface area contributed by atoms with Crippen LogP contribution in [-0.2, 0) is 10.2 Å². The van der Waals surface area contributed by atoms with Gasteiger partial charge in [0.05, 0.1) is 15.9 Å². The predicted molar refractivity (Wildman–Crippen MR) is 126 cm³/mol. The number of aromatic nitrogens is 1. The van der Waals surface area contributed by atoms with E-state index < -0.39 is 5.60 Å². The van der Waals surface area contributed by atoms with Crippen molar-refractivity contribution in [1.82, 2.24) is 14.8 Å². The van der Waals surface area contributed by atoms with Gasteiger partial charge in [0.25, 0.3) is 0 Å². The molecule has 3 atom stereocenters. The summed E-state index contributed by atoms with van der Waals surface area (Å²) in [7, 11) is 2.25. The van der Waals surface area contributed by atoms with Gasteiger partial charge in [-0.25, -0.2) is 9.78 Å². The molecule has 0 spiro atoms. The molecule has 0 unspecified atom stereocenters. The highest BCUT2D eigenvalue weighted by Gasteiger charge is 2.50. The van der Waals surface area contributed by atoms with Crippen molar-refractivity contribution in [2.24, 2.45) is 5.92 Å². The van der Waals surface area contributed by atoms with Gasteiger partial charge in [-0.15, -0.1) is 11.3 Å². The summed E-state index contributed by atoms with van der Waals surface area (Å²) in [6.07, 6.45) is 6.66. The third-order valence-electron chi connectivity index (χ3n) is 7.01. The maximum absolute atomic E-state index is 12.9. The van der Waals surface area contributed by atoms with Crippen molar-refractivity contribution in [3.8, 4) is 0 Å². The minimum absolute atomic E-state index is 0.241. The Kier molecular flexibility index (Phi) is 4.94. The zero-order chi connectivity index (χ0) is 22.0. The number of allylic oxidation sites excluding steroid dienone is 1. The van der Waals surface area contributed by atoms with Gasteiger partial charge in [-0.1, -0.05) is 19.1 Å². The molecular weight excluding hydrogens is 406 g/mol. The van der Waals surface area contributed by atoms with Crippen LogP contribution in [0.4, 0.5) is 4.79 Å². The van der Waals surface area contributed by atoms with Gasteiger partial charge in [0.1, 0.15) is 10.6 Å². The lowest BCUT2D eigenvalue weighted by atomic mass is 9.88. The fourth-order valence-corrected chi connectivity index (χ4v) is 6.64. The Hall–Kier alpha value is -1.92. The smallest absolute Gasteiger partial charge is 0.414 e. The number of likely N-dealkylation sites (N-methyl/N-ethyl adjacent to an activating group) is 1. The first-order valence-electron chi connectivity index (χ1n) is 11.5. The summed E-state index contributed by atoms with van der Waals surface area (Å²) >= 11 is 1.85. The lowest BCUT2D eigenvalue weighted by Crippen LogP contribution is -2.39. The van der Waals surface area contributed by atoms with E-state index in [2.05, 4.69) is 43.1 Å². The van der Waals surface area contributed by atoms with Gasteiger partial charge in [0.15, 0.2) is 0 Å². The topological polar surface area (TPSA) is 45.7 Å². The van der Waals surface area contributed by atoms with Crippen molar-refractivity contribution in [3.63, 3.8) is 0 Å². The number of hydrogen-bond donors (Lipinski definition) is 0. The molecule has 0 N–H and O–H groups in total. The monoisotopic (exact) mass is 439 g/mol. The zero-order valence-corrected chi connectivity index (χ0v) is 20.1. The molecule has 0 radical (unpaired) electrons. The third kappa shape index (κ3) is 3.78. The number of amides is 1. The second kappa shape index (κ2) is 7.31. The summed E-state index contributed by atoms with van der Waals surface area (Å²) in [4.78, 5) is 22.4. The molecule has 2 bridgehead atoms. The van der Waals surface area contributed by atoms with E-state index in [0.717, 1.165) is 35.8 Å². The van der Waals surface area contributed by atoms with Crippen molar-refractivity contribution < 1.29 is 9.53 Å². The van der Waals surface area contributed by atoms with Crippen molar-refractivity contribution >= 4 is 33.3 Å². The Morgan fingerprint density at radius 3 is 2.81 bits per heavy atom. The third-order valence-corrected chi connectivity index (χ3v) is 8.29. The van der Waals surface area contributed by atoms with Crippen molar-refractivity contribution in [2.75, 3.05) is 20.1 Å². The minimum atomic E-state index is -0.510. The summed E-state index contributed by atoms with van der Waals surface area (Å²) in [6.45, 7) is 9.72. The highest BCUT2D eigenvalue weighted by Crippen LogP contribution is 2.50. The van der Waals surface area contributed by atoms with Crippen LogP contribution < -0.4 is 0 Å². The van der Waals surface area contributed by atoms with Crippen LogP contribution >= 0.6 is 11.3 Å². The van der Waals surface area contributed by atoms with E-state index in [1.807, 2.05) is 32.1 Å². The summed E-state index contributed by atoms with van der Waals surface area (Å²) in [6, 6.07) is 7.20. The Labute approximate surface area is 189 Å². The quantitative estimate of drug-likeness (QED) is 0.607. The van der Waals surface area contributed by atoms with Crippen LogP contribution in [0.1, 0.15) is 63.9 Å². The molecule has 1 amide bonds. The van der Waals surface area contributed by atoms with E-state index >= 15 is 0 Å². The maximum atomic E-state index is 12.9. The van der Waals surface area contributed by atoms with Crippen LogP contribution in [0.25, 0.3) is 15.9 Å². The number of ether oxygens (including phenoxy) is 1. The minimum Gasteiger partial charge on any atom is -0.443 e. The number of benzene rings is 1.